The third-order valence-electron chi connectivity index (χ3n) is 3.06. The summed E-state index contributed by atoms with van der Waals surface area (Å²) in [6, 6.07) is 4.83. The van der Waals surface area contributed by atoms with Crippen LogP contribution in [-0.4, -0.2) is 17.0 Å². The van der Waals surface area contributed by atoms with Gasteiger partial charge in [-0.2, -0.15) is 0 Å². The highest BCUT2D eigenvalue weighted by atomic mass is 35.5. The number of halogens is 2. The fraction of sp³-hybridized carbons (Fsp3) is 0.333. The highest BCUT2D eigenvalue weighted by molar-refractivity contribution is 6.42. The van der Waals surface area contributed by atoms with Crippen LogP contribution in [0.25, 0.3) is 0 Å². The van der Waals surface area contributed by atoms with E-state index >= 15 is 0 Å². The Hall–Kier alpha value is -1.72. The zero-order valence-electron chi connectivity index (χ0n) is 12.4. The van der Waals surface area contributed by atoms with Gasteiger partial charge in [-0.15, -0.1) is 0 Å². The second kappa shape index (κ2) is 7.03. The van der Waals surface area contributed by atoms with Gasteiger partial charge in [-0.25, -0.2) is 4.98 Å². The van der Waals surface area contributed by atoms with Gasteiger partial charge >= 0.3 is 0 Å². The maximum absolute atomic E-state index is 12.0. The number of aryl methyl sites for hydroxylation is 2. The van der Waals surface area contributed by atoms with E-state index in [0.29, 0.717) is 21.7 Å². The van der Waals surface area contributed by atoms with Crippen molar-refractivity contribution in [2.45, 2.75) is 33.4 Å². The van der Waals surface area contributed by atoms with Crippen molar-refractivity contribution in [3.63, 3.8) is 0 Å². The molecule has 1 heterocycles. The first-order valence-electron chi connectivity index (χ1n) is 6.69. The second-order valence-corrected chi connectivity index (χ2v) is 5.62. The van der Waals surface area contributed by atoms with Crippen LogP contribution >= 0.6 is 23.2 Å². The third-order valence-corrected chi connectivity index (χ3v) is 3.80. The average Bonchev–Trinajstić information content (AvgIpc) is 2.79. The molecule has 1 atom stereocenters. The molecule has 0 aliphatic heterocycles. The first kappa shape index (κ1) is 16.6. The van der Waals surface area contributed by atoms with Crippen molar-refractivity contribution in [1.82, 2.24) is 10.3 Å². The molecule has 118 valence electrons. The minimum Gasteiger partial charge on any atom is -0.481 e. The normalized spacial score (nSPS) is 12.0. The summed E-state index contributed by atoms with van der Waals surface area (Å²) in [5.41, 5.74) is 0.810. The van der Waals surface area contributed by atoms with E-state index in [9.17, 15) is 4.79 Å². The molecular weight excluding hydrogens is 327 g/mol. The molecule has 5 nitrogen and oxygen atoms in total. The molecule has 22 heavy (non-hydrogen) atoms. The van der Waals surface area contributed by atoms with Crippen molar-refractivity contribution in [3.8, 4) is 5.75 Å². The molecule has 0 saturated heterocycles. The topological polar surface area (TPSA) is 64.4 Å². The lowest BCUT2D eigenvalue weighted by molar-refractivity contribution is -0.127. The van der Waals surface area contributed by atoms with E-state index in [0.717, 1.165) is 11.5 Å². The predicted molar refractivity (Wildman–Crippen MR) is 84.4 cm³/mol. The number of benzene rings is 1. The fourth-order valence-corrected chi connectivity index (χ4v) is 2.02. The van der Waals surface area contributed by atoms with Crippen molar-refractivity contribution in [1.29, 1.82) is 0 Å². The molecule has 1 unspecified atom stereocenters. The van der Waals surface area contributed by atoms with Crippen LogP contribution in [0.1, 0.15) is 24.3 Å². The van der Waals surface area contributed by atoms with Crippen LogP contribution in [0.5, 0.6) is 5.75 Å². The Morgan fingerprint density at radius 1 is 1.36 bits per heavy atom. The van der Waals surface area contributed by atoms with Crippen LogP contribution in [0, 0.1) is 13.8 Å². The maximum atomic E-state index is 12.0. The molecule has 0 bridgehead atoms. The van der Waals surface area contributed by atoms with Gasteiger partial charge in [0.05, 0.1) is 22.3 Å². The molecule has 0 saturated carbocycles. The molecule has 0 radical (unpaired) electrons. The highest BCUT2D eigenvalue weighted by Crippen LogP contribution is 2.26. The molecule has 1 amide bonds. The van der Waals surface area contributed by atoms with E-state index in [-0.39, 0.29) is 12.5 Å². The first-order valence-corrected chi connectivity index (χ1v) is 7.44. The molecule has 2 aromatic rings. The second-order valence-electron chi connectivity index (χ2n) is 4.80. The summed E-state index contributed by atoms with van der Waals surface area (Å²) in [4.78, 5) is 16.2. The molecule has 0 aliphatic carbocycles. The Balaban J connectivity index is 1.90. The van der Waals surface area contributed by atoms with Gasteiger partial charge < -0.3 is 14.5 Å². The number of nitrogens with zero attached hydrogens (tertiary/aromatic N) is 1. The van der Waals surface area contributed by atoms with Crippen molar-refractivity contribution >= 4 is 29.1 Å². The molecule has 1 aromatic carbocycles. The van der Waals surface area contributed by atoms with Crippen LogP contribution in [-0.2, 0) is 11.3 Å². The Morgan fingerprint density at radius 2 is 2.09 bits per heavy atom. The minimum atomic E-state index is -0.686. The fourth-order valence-electron chi connectivity index (χ4n) is 1.73. The number of aromatic nitrogens is 1. The van der Waals surface area contributed by atoms with E-state index < -0.39 is 6.10 Å². The lowest BCUT2D eigenvalue weighted by atomic mass is 10.3. The zero-order valence-corrected chi connectivity index (χ0v) is 14.0. The van der Waals surface area contributed by atoms with Crippen molar-refractivity contribution < 1.29 is 13.9 Å². The number of ether oxygens (including phenoxy) is 1. The number of nitrogens with one attached hydrogen (secondary N) is 1. The number of carbonyl (C=O) groups excluding carboxylic acids is 1. The Kier molecular flexibility index (Phi) is 5.32. The number of hydrogen-bond donors (Lipinski definition) is 1. The molecule has 2 rings (SSSR count). The minimum absolute atomic E-state index is 0.211. The smallest absolute Gasteiger partial charge is 0.261 e. The van der Waals surface area contributed by atoms with E-state index in [1.54, 1.807) is 25.1 Å². The molecule has 7 heteroatoms. The summed E-state index contributed by atoms with van der Waals surface area (Å²) in [5.74, 6) is 1.40. The number of rotatable bonds is 5. The highest BCUT2D eigenvalue weighted by Gasteiger charge is 2.16. The SMILES string of the molecule is Cc1nc(CNC(=O)C(C)Oc2ccc(Cl)c(Cl)c2)oc1C. The average molecular weight is 343 g/mol. The van der Waals surface area contributed by atoms with Crippen molar-refractivity contribution in [2.75, 3.05) is 0 Å². The summed E-state index contributed by atoms with van der Waals surface area (Å²) in [7, 11) is 0. The van der Waals surface area contributed by atoms with E-state index in [1.807, 2.05) is 13.8 Å². The van der Waals surface area contributed by atoms with Gasteiger partial charge in [-0.1, -0.05) is 23.2 Å². The van der Waals surface area contributed by atoms with Gasteiger partial charge in [-0.05, 0) is 32.9 Å². The Labute approximate surface area is 138 Å². The largest absolute Gasteiger partial charge is 0.481 e. The van der Waals surface area contributed by atoms with E-state index in [2.05, 4.69) is 10.3 Å². The number of amides is 1. The first-order chi connectivity index (χ1) is 10.4. The number of oxazole rings is 1. The molecule has 0 fully saturated rings. The van der Waals surface area contributed by atoms with E-state index in [4.69, 9.17) is 32.4 Å². The van der Waals surface area contributed by atoms with Gasteiger partial charge in [0.2, 0.25) is 5.89 Å². The molecule has 1 N–H and O–H groups in total. The summed E-state index contributed by atoms with van der Waals surface area (Å²) >= 11 is 11.7. The molecule has 0 aliphatic rings. The molecule has 0 spiro atoms. The van der Waals surface area contributed by atoms with Crippen LogP contribution < -0.4 is 10.1 Å². The van der Waals surface area contributed by atoms with Crippen molar-refractivity contribution in [2.24, 2.45) is 0 Å². The van der Waals surface area contributed by atoms with Gasteiger partial charge in [0.15, 0.2) is 6.10 Å². The standard InChI is InChI=1S/C15H16Cl2N2O3/c1-8-9(2)22-14(19-8)7-18-15(20)10(3)21-11-4-5-12(16)13(17)6-11/h4-6,10H,7H2,1-3H3,(H,18,20). The lowest BCUT2D eigenvalue weighted by Crippen LogP contribution is -2.36. The van der Waals surface area contributed by atoms with Crippen LogP contribution in [0.15, 0.2) is 22.6 Å². The quantitative estimate of drug-likeness (QED) is 0.899. The van der Waals surface area contributed by atoms with Crippen molar-refractivity contribution in [3.05, 3.63) is 45.6 Å². The van der Waals surface area contributed by atoms with Gasteiger partial charge in [0.25, 0.3) is 5.91 Å². The van der Waals surface area contributed by atoms with Gasteiger partial charge in [-0.3, -0.25) is 4.79 Å². The summed E-state index contributed by atoms with van der Waals surface area (Å²) in [6.07, 6.45) is -0.686. The lowest BCUT2D eigenvalue weighted by Gasteiger charge is -2.14. The third kappa shape index (κ3) is 4.15. The van der Waals surface area contributed by atoms with Gasteiger partial charge in [0, 0.05) is 6.07 Å². The monoisotopic (exact) mass is 342 g/mol. The number of hydrogen-bond acceptors (Lipinski definition) is 4. The van der Waals surface area contributed by atoms with E-state index in [1.165, 1.54) is 0 Å². The summed E-state index contributed by atoms with van der Waals surface area (Å²) in [6.45, 7) is 5.52. The zero-order chi connectivity index (χ0) is 16.3. The maximum Gasteiger partial charge on any atom is 0.261 e. The van der Waals surface area contributed by atoms with Crippen LogP contribution in [0.2, 0.25) is 10.0 Å². The molecular formula is C15H16Cl2N2O3. The summed E-state index contributed by atoms with van der Waals surface area (Å²) < 4.78 is 10.9. The number of carbonyl (C=O) groups is 1. The van der Waals surface area contributed by atoms with Crippen LogP contribution in [0.4, 0.5) is 0 Å². The Bertz CT molecular complexity index is 666. The summed E-state index contributed by atoms with van der Waals surface area (Å²) in [5, 5.41) is 3.51. The Morgan fingerprint density at radius 3 is 2.68 bits per heavy atom. The predicted octanol–water partition coefficient (Wildman–Crippen LogP) is 3.68. The van der Waals surface area contributed by atoms with Gasteiger partial charge in [0.1, 0.15) is 11.5 Å². The van der Waals surface area contributed by atoms with Crippen LogP contribution in [0.3, 0.4) is 0 Å². The molecule has 1 aromatic heterocycles.